The van der Waals surface area contributed by atoms with E-state index >= 15 is 0 Å². The fourth-order valence-corrected chi connectivity index (χ4v) is 5.37. The number of ether oxygens (including phenoxy) is 1. The largest absolute Gasteiger partial charge is 0.454 e. The van der Waals surface area contributed by atoms with Crippen LogP contribution in [0.15, 0.2) is 72.8 Å². The molecular formula is C34H32Cl2N8O. The van der Waals surface area contributed by atoms with Gasteiger partial charge >= 0.3 is 0 Å². The van der Waals surface area contributed by atoms with Crippen LogP contribution in [0.3, 0.4) is 0 Å². The minimum Gasteiger partial charge on any atom is -0.454 e. The number of benzene rings is 4. The van der Waals surface area contributed by atoms with Gasteiger partial charge in [0.1, 0.15) is 34.8 Å². The van der Waals surface area contributed by atoms with Gasteiger partial charge in [-0.05, 0) is 100 Å². The summed E-state index contributed by atoms with van der Waals surface area (Å²) >= 11 is 13.3. The number of aromatic amines is 2. The molecule has 0 radical (unpaired) electrons. The zero-order chi connectivity index (χ0) is 31.8. The van der Waals surface area contributed by atoms with E-state index in [1.165, 1.54) is 0 Å². The van der Waals surface area contributed by atoms with E-state index in [2.05, 4.69) is 20.6 Å². The summed E-state index contributed by atoms with van der Waals surface area (Å²) in [5.41, 5.74) is 6.39. The fourth-order valence-electron chi connectivity index (χ4n) is 4.93. The summed E-state index contributed by atoms with van der Waals surface area (Å²) in [6.45, 7) is 8.00. The van der Waals surface area contributed by atoms with Crippen LogP contribution < -0.4 is 15.4 Å². The maximum Gasteiger partial charge on any atom is 0.146 e. The lowest BCUT2D eigenvalue weighted by molar-refractivity contribution is 0.483. The molecule has 0 amide bonds. The smallest absolute Gasteiger partial charge is 0.146 e. The summed E-state index contributed by atoms with van der Waals surface area (Å²) in [6.07, 6.45) is 0. The molecule has 2 aromatic heterocycles. The Bertz CT molecular complexity index is 1930. The first-order chi connectivity index (χ1) is 21.5. The molecule has 6 aromatic rings. The summed E-state index contributed by atoms with van der Waals surface area (Å²) in [7, 11) is 0. The van der Waals surface area contributed by atoms with E-state index < -0.39 is 0 Å². The SMILES string of the molecule is CC(C)NC(=N)c1ccc2nc(-c3ccc(Oc4ccc(-c5nc6ccc(C(=N)NC(C)C)cc6[nH]5)cc4Cl)c(Cl)c3)[nH]c2c1. The lowest BCUT2D eigenvalue weighted by Crippen LogP contribution is -2.30. The number of nitrogens with one attached hydrogen (secondary N) is 6. The van der Waals surface area contributed by atoms with Gasteiger partial charge in [0.05, 0.1) is 32.1 Å². The lowest BCUT2D eigenvalue weighted by Gasteiger charge is -2.11. The van der Waals surface area contributed by atoms with Crippen molar-refractivity contribution in [2.24, 2.45) is 0 Å². The van der Waals surface area contributed by atoms with Crippen molar-refractivity contribution in [1.29, 1.82) is 10.8 Å². The van der Waals surface area contributed by atoms with Gasteiger partial charge in [-0.3, -0.25) is 10.8 Å². The van der Waals surface area contributed by atoms with E-state index in [1.54, 1.807) is 24.3 Å². The van der Waals surface area contributed by atoms with Crippen LogP contribution >= 0.6 is 23.2 Å². The van der Waals surface area contributed by atoms with Crippen molar-refractivity contribution in [3.05, 3.63) is 94.0 Å². The normalized spacial score (nSPS) is 11.5. The molecule has 0 spiro atoms. The highest BCUT2D eigenvalue weighted by atomic mass is 35.5. The average Bonchev–Trinajstić information content (AvgIpc) is 3.62. The molecule has 0 aliphatic rings. The number of aromatic nitrogens is 4. The Morgan fingerprint density at radius 2 is 1.07 bits per heavy atom. The third-order valence-corrected chi connectivity index (χ3v) is 7.63. The first-order valence-electron chi connectivity index (χ1n) is 14.5. The summed E-state index contributed by atoms with van der Waals surface area (Å²) in [4.78, 5) is 16.1. The van der Waals surface area contributed by atoms with Crippen LogP contribution in [0.2, 0.25) is 10.0 Å². The van der Waals surface area contributed by atoms with Gasteiger partial charge in [0.15, 0.2) is 0 Å². The van der Waals surface area contributed by atoms with E-state index in [0.717, 1.165) is 44.3 Å². The molecule has 11 heteroatoms. The molecule has 6 N–H and O–H groups in total. The number of hydrogen-bond donors (Lipinski definition) is 6. The number of nitrogens with zero attached hydrogens (tertiary/aromatic N) is 2. The third-order valence-electron chi connectivity index (χ3n) is 7.04. The number of fused-ring (bicyclic) bond motifs is 2. The number of amidine groups is 2. The molecule has 228 valence electrons. The molecule has 0 saturated heterocycles. The highest BCUT2D eigenvalue weighted by molar-refractivity contribution is 6.33. The van der Waals surface area contributed by atoms with Crippen molar-refractivity contribution in [1.82, 2.24) is 30.6 Å². The summed E-state index contributed by atoms with van der Waals surface area (Å²) < 4.78 is 6.10. The Morgan fingerprint density at radius 1 is 0.644 bits per heavy atom. The number of halogens is 2. The number of hydrogen-bond acceptors (Lipinski definition) is 5. The van der Waals surface area contributed by atoms with Gasteiger partial charge in [-0.2, -0.15) is 0 Å². The quantitative estimate of drug-likeness (QED) is 0.0732. The Labute approximate surface area is 270 Å². The van der Waals surface area contributed by atoms with Crippen molar-refractivity contribution >= 4 is 56.9 Å². The molecule has 9 nitrogen and oxygen atoms in total. The molecule has 0 bridgehead atoms. The average molecular weight is 640 g/mol. The van der Waals surface area contributed by atoms with Gasteiger partial charge in [-0.15, -0.1) is 0 Å². The van der Waals surface area contributed by atoms with E-state index in [-0.39, 0.29) is 12.1 Å². The second-order valence-electron chi connectivity index (χ2n) is 11.4. The first kappa shape index (κ1) is 30.2. The fraction of sp³-hybridized carbons (Fsp3) is 0.176. The monoisotopic (exact) mass is 638 g/mol. The van der Waals surface area contributed by atoms with Crippen LogP contribution in [0.4, 0.5) is 0 Å². The van der Waals surface area contributed by atoms with Crippen LogP contribution in [-0.4, -0.2) is 43.7 Å². The van der Waals surface area contributed by atoms with Gasteiger partial charge in [0.2, 0.25) is 0 Å². The molecule has 0 aliphatic heterocycles. The van der Waals surface area contributed by atoms with Crippen LogP contribution in [0.5, 0.6) is 11.5 Å². The maximum absolute atomic E-state index is 8.28. The van der Waals surface area contributed by atoms with Gasteiger partial charge in [0, 0.05) is 34.3 Å². The van der Waals surface area contributed by atoms with Crippen molar-refractivity contribution < 1.29 is 4.74 Å². The van der Waals surface area contributed by atoms with E-state index in [9.17, 15) is 0 Å². The molecule has 6 rings (SSSR count). The summed E-state index contributed by atoms with van der Waals surface area (Å²) in [5.74, 6) is 2.95. The van der Waals surface area contributed by atoms with E-state index in [4.69, 9.17) is 48.7 Å². The standard InChI is InChI=1S/C34H32Cl2N8O/c1-17(2)39-31(37)19-5-9-25-27(15-19)43-33(41-25)21-7-11-29(23(35)13-21)45-30-12-8-22(14-24(30)36)34-42-26-10-6-20(16-28(26)44-34)32(38)40-18(3)4/h5-18H,1-4H3,(H2,37,39)(H2,38,40)(H,41,43)(H,42,44). The van der Waals surface area contributed by atoms with Gasteiger partial charge in [-0.1, -0.05) is 23.2 Å². The Hall–Kier alpha value is -4.86. The summed E-state index contributed by atoms with van der Waals surface area (Å²) in [5, 5.41) is 23.6. The van der Waals surface area contributed by atoms with Gasteiger partial charge in [-0.25, -0.2) is 9.97 Å². The molecule has 0 fully saturated rings. The number of H-pyrrole nitrogens is 2. The van der Waals surface area contributed by atoms with Crippen molar-refractivity contribution in [3.63, 3.8) is 0 Å². The number of rotatable bonds is 8. The zero-order valence-corrected chi connectivity index (χ0v) is 26.7. The van der Waals surface area contributed by atoms with Gasteiger partial charge in [0.25, 0.3) is 0 Å². The Morgan fingerprint density at radius 3 is 1.44 bits per heavy atom. The minimum absolute atomic E-state index is 0.168. The Kier molecular flexibility index (Phi) is 8.22. The molecule has 0 unspecified atom stereocenters. The van der Waals surface area contributed by atoms with E-state index in [0.29, 0.717) is 44.9 Å². The topological polar surface area (TPSA) is 138 Å². The molecule has 45 heavy (non-hydrogen) atoms. The molecule has 2 heterocycles. The maximum atomic E-state index is 8.28. The highest BCUT2D eigenvalue weighted by Gasteiger charge is 2.15. The number of imidazole rings is 2. The van der Waals surface area contributed by atoms with Gasteiger partial charge < -0.3 is 25.3 Å². The van der Waals surface area contributed by atoms with E-state index in [1.807, 2.05) is 76.2 Å². The van der Waals surface area contributed by atoms with Crippen LogP contribution in [-0.2, 0) is 0 Å². The van der Waals surface area contributed by atoms with Crippen molar-refractivity contribution in [3.8, 4) is 34.3 Å². The molecule has 4 aromatic carbocycles. The van der Waals surface area contributed by atoms with Crippen LogP contribution in [0.1, 0.15) is 38.8 Å². The van der Waals surface area contributed by atoms with Crippen molar-refractivity contribution in [2.45, 2.75) is 39.8 Å². The molecular weight excluding hydrogens is 607 g/mol. The summed E-state index contributed by atoms with van der Waals surface area (Å²) in [6, 6.07) is 22.6. The van der Waals surface area contributed by atoms with Crippen LogP contribution in [0.25, 0.3) is 44.8 Å². The zero-order valence-electron chi connectivity index (χ0n) is 25.1. The highest BCUT2D eigenvalue weighted by Crippen LogP contribution is 2.37. The third kappa shape index (κ3) is 6.50. The first-order valence-corrected chi connectivity index (χ1v) is 15.3. The second kappa shape index (κ2) is 12.3. The molecule has 0 saturated carbocycles. The van der Waals surface area contributed by atoms with Crippen molar-refractivity contribution in [2.75, 3.05) is 0 Å². The van der Waals surface area contributed by atoms with Crippen LogP contribution in [0, 0.1) is 10.8 Å². The Balaban J connectivity index is 1.19. The molecule has 0 aliphatic carbocycles. The molecule has 0 atom stereocenters. The second-order valence-corrected chi connectivity index (χ2v) is 12.2. The predicted octanol–water partition coefficient (Wildman–Crippen LogP) is 8.52. The predicted molar refractivity (Wildman–Crippen MR) is 183 cm³/mol. The minimum atomic E-state index is 0.168. The lowest BCUT2D eigenvalue weighted by atomic mass is 10.1.